The lowest BCUT2D eigenvalue weighted by Gasteiger charge is -2.24. The number of carbonyl (C=O) groups excluding carboxylic acids is 2. The van der Waals surface area contributed by atoms with Gasteiger partial charge in [0.05, 0.1) is 10.6 Å². The second-order valence-corrected chi connectivity index (χ2v) is 7.19. The highest BCUT2D eigenvalue weighted by Gasteiger charge is 2.22. The van der Waals surface area contributed by atoms with Crippen molar-refractivity contribution in [2.45, 2.75) is 31.6 Å². The number of hydrogen-bond donors (Lipinski definition) is 3. The molecule has 8 nitrogen and oxygen atoms in total. The van der Waals surface area contributed by atoms with Crippen LogP contribution in [0, 0.1) is 5.41 Å². The predicted octanol–water partition coefficient (Wildman–Crippen LogP) is -0.667. The molecule has 0 atom stereocenters. The van der Waals surface area contributed by atoms with Crippen LogP contribution in [0.3, 0.4) is 0 Å². The number of nitrogens with two attached hydrogens (primary N) is 1. The molecule has 9 heteroatoms. The van der Waals surface area contributed by atoms with Crippen molar-refractivity contribution in [3.8, 4) is 0 Å². The number of carboxylic acids is 1. The largest absolute Gasteiger partial charge is 0.550 e. The summed E-state index contributed by atoms with van der Waals surface area (Å²) in [5.41, 5.74) is 4.73. The van der Waals surface area contributed by atoms with E-state index >= 15 is 0 Å². The van der Waals surface area contributed by atoms with Gasteiger partial charge in [-0.2, -0.15) is 0 Å². The number of carbonyl (C=O) groups is 2. The van der Waals surface area contributed by atoms with Gasteiger partial charge in [-0.3, -0.25) is 15.6 Å². The van der Waals surface area contributed by atoms with Crippen LogP contribution in [-0.2, 0) is 19.6 Å². The Balaban J connectivity index is 2.56. The zero-order chi connectivity index (χ0) is 17.0. The Morgan fingerprint density at radius 1 is 1.18 bits per heavy atom. The molecule has 1 aromatic rings. The quantitative estimate of drug-likeness (QED) is 0.567. The Labute approximate surface area is 128 Å². The van der Waals surface area contributed by atoms with Gasteiger partial charge in [-0.05, 0) is 36.1 Å². The van der Waals surface area contributed by atoms with E-state index in [2.05, 4.69) is 10.9 Å². The van der Waals surface area contributed by atoms with Crippen LogP contribution < -0.4 is 21.1 Å². The van der Waals surface area contributed by atoms with Crippen LogP contribution in [0.25, 0.3) is 0 Å². The normalized spacial score (nSPS) is 11.8. The van der Waals surface area contributed by atoms with E-state index in [-0.39, 0.29) is 17.7 Å². The van der Waals surface area contributed by atoms with Crippen molar-refractivity contribution in [2.24, 2.45) is 10.6 Å². The second-order valence-electron chi connectivity index (χ2n) is 5.63. The fraction of sp³-hybridized carbons (Fsp3) is 0.385. The van der Waals surface area contributed by atoms with Crippen molar-refractivity contribution in [2.75, 3.05) is 5.43 Å². The van der Waals surface area contributed by atoms with Crippen molar-refractivity contribution in [3.63, 3.8) is 0 Å². The summed E-state index contributed by atoms with van der Waals surface area (Å²) in [6.07, 6.45) is -0.243. The molecule has 1 rings (SSSR count). The maximum absolute atomic E-state index is 11.7. The molecule has 4 N–H and O–H groups in total. The minimum absolute atomic E-state index is 0.0107. The highest BCUT2D eigenvalue weighted by Crippen LogP contribution is 2.24. The Bertz CT molecular complexity index is 653. The molecule has 122 valence electrons. The molecule has 22 heavy (non-hydrogen) atoms. The highest BCUT2D eigenvalue weighted by molar-refractivity contribution is 7.89. The van der Waals surface area contributed by atoms with E-state index in [9.17, 15) is 23.1 Å². The van der Waals surface area contributed by atoms with Crippen LogP contribution in [0.15, 0.2) is 29.2 Å². The van der Waals surface area contributed by atoms with Crippen LogP contribution >= 0.6 is 0 Å². The summed E-state index contributed by atoms with van der Waals surface area (Å²) >= 11 is 0. The van der Waals surface area contributed by atoms with Gasteiger partial charge in [0.15, 0.2) is 0 Å². The third-order valence-electron chi connectivity index (χ3n) is 2.79. The minimum atomic E-state index is -3.76. The summed E-state index contributed by atoms with van der Waals surface area (Å²) < 4.78 is 22.2. The van der Waals surface area contributed by atoms with Gasteiger partial charge in [0.1, 0.15) is 0 Å². The molecule has 0 aromatic heterocycles. The van der Waals surface area contributed by atoms with Gasteiger partial charge in [-0.15, -0.1) is 0 Å². The molecule has 0 aliphatic rings. The first-order valence-electron chi connectivity index (χ1n) is 6.37. The van der Waals surface area contributed by atoms with Gasteiger partial charge in [-0.1, -0.05) is 13.8 Å². The lowest BCUT2D eigenvalue weighted by atomic mass is 9.85. The van der Waals surface area contributed by atoms with Gasteiger partial charge in [-0.25, -0.2) is 13.6 Å². The minimum Gasteiger partial charge on any atom is -0.550 e. The fourth-order valence-electron chi connectivity index (χ4n) is 1.80. The van der Waals surface area contributed by atoms with Crippen LogP contribution in [0.4, 0.5) is 5.69 Å². The van der Waals surface area contributed by atoms with E-state index in [1.807, 2.05) is 0 Å². The molecule has 0 saturated carbocycles. The molecule has 1 aromatic carbocycles. The van der Waals surface area contributed by atoms with E-state index in [4.69, 9.17) is 5.14 Å². The summed E-state index contributed by atoms with van der Waals surface area (Å²) in [5, 5.41) is 15.5. The number of rotatable bonds is 7. The molecule has 0 unspecified atom stereocenters. The number of carboxylic acid groups (broad SMARTS) is 1. The zero-order valence-electron chi connectivity index (χ0n) is 12.3. The summed E-state index contributed by atoms with van der Waals surface area (Å²) in [7, 11) is -3.76. The molecular weight excluding hydrogens is 310 g/mol. The third-order valence-corrected chi connectivity index (χ3v) is 3.72. The van der Waals surface area contributed by atoms with Crippen molar-refractivity contribution in [1.29, 1.82) is 0 Å². The van der Waals surface area contributed by atoms with E-state index < -0.39 is 27.3 Å². The first-order valence-corrected chi connectivity index (χ1v) is 7.92. The Hall–Kier alpha value is -2.13. The Morgan fingerprint density at radius 2 is 1.73 bits per heavy atom. The van der Waals surface area contributed by atoms with E-state index in [0.717, 1.165) is 0 Å². The molecule has 0 aliphatic heterocycles. The maximum atomic E-state index is 11.7. The molecule has 0 heterocycles. The number of primary sulfonamides is 1. The number of hydrogen-bond acceptors (Lipinski definition) is 6. The molecular formula is C13H18N3O5S-. The lowest BCUT2D eigenvalue weighted by molar-refractivity contribution is -0.307. The molecule has 0 aliphatic carbocycles. The van der Waals surface area contributed by atoms with E-state index in [1.54, 1.807) is 13.8 Å². The monoisotopic (exact) mass is 328 g/mol. The number of anilines is 1. The predicted molar refractivity (Wildman–Crippen MR) is 77.6 cm³/mol. The van der Waals surface area contributed by atoms with E-state index in [0.29, 0.717) is 5.69 Å². The maximum Gasteiger partial charge on any atom is 0.238 e. The van der Waals surface area contributed by atoms with Gasteiger partial charge in [0, 0.05) is 12.4 Å². The molecule has 0 spiro atoms. The third kappa shape index (κ3) is 6.10. The number of benzene rings is 1. The molecule has 0 bridgehead atoms. The van der Waals surface area contributed by atoms with Gasteiger partial charge < -0.3 is 9.90 Å². The number of nitrogens with one attached hydrogen (secondary N) is 2. The van der Waals surface area contributed by atoms with Gasteiger partial charge in [0.25, 0.3) is 0 Å². The molecule has 0 saturated heterocycles. The SMILES string of the molecule is CC(C)(CC(=O)[O-])CC(=O)NNc1ccc(S(N)(=O)=O)cc1. The first-order chi connectivity index (χ1) is 9.99. The van der Waals surface area contributed by atoms with Crippen molar-refractivity contribution < 1.29 is 23.1 Å². The molecule has 1 amide bonds. The smallest absolute Gasteiger partial charge is 0.238 e. The van der Waals surface area contributed by atoms with Crippen LogP contribution in [0.2, 0.25) is 0 Å². The average Bonchev–Trinajstić information content (AvgIpc) is 2.33. The topological polar surface area (TPSA) is 141 Å². The number of sulfonamides is 1. The summed E-state index contributed by atoms with van der Waals surface area (Å²) in [4.78, 5) is 22.3. The van der Waals surface area contributed by atoms with Crippen LogP contribution in [0.1, 0.15) is 26.7 Å². The summed E-state index contributed by atoms with van der Waals surface area (Å²) in [6.45, 7) is 3.28. The first kappa shape index (κ1) is 17.9. The molecule has 0 radical (unpaired) electrons. The van der Waals surface area contributed by atoms with Crippen molar-refractivity contribution in [1.82, 2.24) is 5.43 Å². The van der Waals surface area contributed by atoms with E-state index in [1.165, 1.54) is 24.3 Å². The summed E-state index contributed by atoms with van der Waals surface area (Å²) in [6, 6.07) is 5.46. The van der Waals surface area contributed by atoms with Gasteiger partial charge >= 0.3 is 0 Å². The van der Waals surface area contributed by atoms with Crippen molar-refractivity contribution in [3.05, 3.63) is 24.3 Å². The average molecular weight is 328 g/mol. The van der Waals surface area contributed by atoms with Gasteiger partial charge in [0.2, 0.25) is 15.9 Å². The highest BCUT2D eigenvalue weighted by atomic mass is 32.2. The van der Waals surface area contributed by atoms with Crippen molar-refractivity contribution >= 4 is 27.6 Å². The van der Waals surface area contributed by atoms with Crippen LogP contribution in [0.5, 0.6) is 0 Å². The second kappa shape index (κ2) is 6.75. The lowest BCUT2D eigenvalue weighted by Crippen LogP contribution is -2.36. The summed E-state index contributed by atoms with van der Waals surface area (Å²) in [5.74, 6) is -1.62. The fourth-order valence-corrected chi connectivity index (χ4v) is 2.32. The Kier molecular flexibility index (Phi) is 5.50. The molecule has 0 fully saturated rings. The number of amides is 1. The zero-order valence-corrected chi connectivity index (χ0v) is 13.1. The Morgan fingerprint density at radius 3 is 2.18 bits per heavy atom. The standard InChI is InChI=1S/C13H19N3O5S/c1-13(2,8-12(18)19)7-11(17)16-15-9-3-5-10(6-4-9)22(14,20)21/h3-6,15H,7-8H2,1-2H3,(H,16,17)(H,18,19)(H2,14,20,21)/p-1. The van der Waals surface area contributed by atoms with Crippen LogP contribution in [-0.4, -0.2) is 20.3 Å². The number of hydrazine groups is 1. The number of aliphatic carboxylic acids is 1.